The minimum atomic E-state index is -0.118. The lowest BCUT2D eigenvalue weighted by molar-refractivity contribution is -0.146. The molecule has 1 aliphatic heterocycles. The van der Waals surface area contributed by atoms with Gasteiger partial charge in [0.2, 0.25) is 0 Å². The number of rotatable bonds is 3. The van der Waals surface area contributed by atoms with Crippen LogP contribution >= 0.6 is 11.3 Å². The Balaban J connectivity index is 2.05. The number of hydrogen-bond donors (Lipinski definition) is 0. The van der Waals surface area contributed by atoms with Crippen molar-refractivity contribution in [2.24, 2.45) is 0 Å². The second-order valence-electron chi connectivity index (χ2n) is 4.40. The first-order valence-corrected chi connectivity index (χ1v) is 6.68. The van der Waals surface area contributed by atoms with E-state index in [0.29, 0.717) is 0 Å². The summed E-state index contributed by atoms with van der Waals surface area (Å²) in [7, 11) is 1.45. The Labute approximate surface area is 106 Å². The largest absolute Gasteiger partial charge is 0.468 e. The van der Waals surface area contributed by atoms with Crippen LogP contribution in [0.25, 0.3) is 0 Å². The third kappa shape index (κ3) is 2.66. The number of aromatic nitrogens is 1. The molecular weight excluding hydrogens is 236 g/mol. The fraction of sp³-hybridized carbons (Fsp3) is 0.667. The van der Waals surface area contributed by atoms with Gasteiger partial charge in [-0.2, -0.15) is 0 Å². The van der Waals surface area contributed by atoms with E-state index in [1.165, 1.54) is 12.0 Å². The SMILES string of the molecule is COC(=O)C1CCCN1Cc1nc(C)c(C)s1. The van der Waals surface area contributed by atoms with Gasteiger partial charge in [-0.25, -0.2) is 4.98 Å². The quantitative estimate of drug-likeness (QED) is 0.773. The molecular formula is C12H18N2O2S. The van der Waals surface area contributed by atoms with Gasteiger partial charge >= 0.3 is 5.97 Å². The topological polar surface area (TPSA) is 42.4 Å². The van der Waals surface area contributed by atoms with E-state index in [0.717, 1.165) is 36.6 Å². The molecule has 1 aromatic heterocycles. The van der Waals surface area contributed by atoms with E-state index in [1.54, 1.807) is 11.3 Å². The van der Waals surface area contributed by atoms with Crippen LogP contribution in [-0.2, 0) is 16.1 Å². The highest BCUT2D eigenvalue weighted by atomic mass is 32.1. The molecule has 0 spiro atoms. The number of hydrogen-bond acceptors (Lipinski definition) is 5. The fourth-order valence-electron chi connectivity index (χ4n) is 2.20. The summed E-state index contributed by atoms with van der Waals surface area (Å²) in [5, 5.41) is 1.09. The van der Waals surface area contributed by atoms with Gasteiger partial charge in [-0.05, 0) is 33.2 Å². The molecule has 1 unspecified atom stereocenters. The number of esters is 1. The molecule has 17 heavy (non-hydrogen) atoms. The first kappa shape index (κ1) is 12.5. The van der Waals surface area contributed by atoms with Crippen LogP contribution in [0.5, 0.6) is 0 Å². The molecule has 1 aliphatic rings. The smallest absolute Gasteiger partial charge is 0.323 e. The van der Waals surface area contributed by atoms with E-state index >= 15 is 0 Å². The number of ether oxygens (including phenoxy) is 1. The Morgan fingerprint density at radius 3 is 2.94 bits per heavy atom. The van der Waals surface area contributed by atoms with Crippen molar-refractivity contribution >= 4 is 17.3 Å². The lowest BCUT2D eigenvalue weighted by Gasteiger charge is -2.20. The maximum absolute atomic E-state index is 11.6. The Morgan fingerprint density at radius 2 is 2.35 bits per heavy atom. The van der Waals surface area contributed by atoms with Crippen molar-refractivity contribution in [3.8, 4) is 0 Å². The van der Waals surface area contributed by atoms with Crippen LogP contribution in [0.2, 0.25) is 0 Å². The van der Waals surface area contributed by atoms with E-state index < -0.39 is 0 Å². The molecule has 1 aromatic rings. The minimum Gasteiger partial charge on any atom is -0.468 e. The van der Waals surface area contributed by atoms with Crippen molar-refractivity contribution in [2.45, 2.75) is 39.3 Å². The van der Waals surface area contributed by atoms with E-state index in [4.69, 9.17) is 4.74 Å². The molecule has 1 atom stereocenters. The van der Waals surface area contributed by atoms with Crippen molar-refractivity contribution in [2.75, 3.05) is 13.7 Å². The highest BCUT2D eigenvalue weighted by Crippen LogP contribution is 2.24. The van der Waals surface area contributed by atoms with Crippen LogP contribution in [-0.4, -0.2) is 35.5 Å². The molecule has 2 heterocycles. The predicted molar refractivity (Wildman–Crippen MR) is 67.0 cm³/mol. The van der Waals surface area contributed by atoms with Crippen LogP contribution < -0.4 is 0 Å². The molecule has 0 saturated carbocycles. The molecule has 0 bridgehead atoms. The lowest BCUT2D eigenvalue weighted by Crippen LogP contribution is -2.36. The van der Waals surface area contributed by atoms with E-state index in [-0.39, 0.29) is 12.0 Å². The second kappa shape index (κ2) is 5.14. The van der Waals surface area contributed by atoms with Crippen molar-refractivity contribution in [3.63, 3.8) is 0 Å². The minimum absolute atomic E-state index is 0.0792. The number of aryl methyl sites for hydroxylation is 2. The van der Waals surface area contributed by atoms with Crippen molar-refractivity contribution < 1.29 is 9.53 Å². The van der Waals surface area contributed by atoms with Crippen molar-refractivity contribution in [3.05, 3.63) is 15.6 Å². The standard InChI is InChI=1S/C12H18N2O2S/c1-8-9(2)17-11(13-8)7-14-6-4-5-10(14)12(15)16-3/h10H,4-7H2,1-3H3. The first-order chi connectivity index (χ1) is 8.11. The monoisotopic (exact) mass is 254 g/mol. The van der Waals surface area contributed by atoms with Gasteiger partial charge in [-0.1, -0.05) is 0 Å². The molecule has 0 amide bonds. The van der Waals surface area contributed by atoms with Crippen molar-refractivity contribution in [1.29, 1.82) is 0 Å². The summed E-state index contributed by atoms with van der Waals surface area (Å²) in [5.41, 5.74) is 1.10. The Morgan fingerprint density at radius 1 is 1.59 bits per heavy atom. The third-order valence-electron chi connectivity index (χ3n) is 3.25. The van der Waals surface area contributed by atoms with Crippen LogP contribution in [0.15, 0.2) is 0 Å². The summed E-state index contributed by atoms with van der Waals surface area (Å²) in [4.78, 5) is 19.6. The summed E-state index contributed by atoms with van der Waals surface area (Å²) < 4.78 is 4.83. The van der Waals surface area contributed by atoms with E-state index in [2.05, 4.69) is 16.8 Å². The molecule has 5 heteroatoms. The molecule has 94 valence electrons. The van der Waals surface area contributed by atoms with E-state index in [1.807, 2.05) is 6.92 Å². The fourth-order valence-corrected chi connectivity index (χ4v) is 3.16. The average molecular weight is 254 g/mol. The Hall–Kier alpha value is -0.940. The van der Waals surface area contributed by atoms with Gasteiger partial charge in [0.05, 0.1) is 19.3 Å². The molecule has 0 aliphatic carbocycles. The van der Waals surface area contributed by atoms with Gasteiger partial charge in [-0.15, -0.1) is 11.3 Å². The summed E-state index contributed by atoms with van der Waals surface area (Å²) >= 11 is 1.72. The van der Waals surface area contributed by atoms with Gasteiger partial charge in [0.1, 0.15) is 11.0 Å². The summed E-state index contributed by atoms with van der Waals surface area (Å²) in [6.45, 7) is 5.83. The molecule has 4 nitrogen and oxygen atoms in total. The van der Waals surface area contributed by atoms with E-state index in [9.17, 15) is 4.79 Å². The zero-order valence-electron chi connectivity index (χ0n) is 10.5. The van der Waals surface area contributed by atoms with Crippen LogP contribution in [0.3, 0.4) is 0 Å². The van der Waals surface area contributed by atoms with Crippen LogP contribution in [0.1, 0.15) is 28.4 Å². The normalized spacial score (nSPS) is 20.8. The number of methoxy groups -OCH3 is 1. The maximum Gasteiger partial charge on any atom is 0.323 e. The summed E-state index contributed by atoms with van der Waals surface area (Å²) in [6.07, 6.45) is 1.96. The Bertz CT molecular complexity index is 397. The summed E-state index contributed by atoms with van der Waals surface area (Å²) in [5.74, 6) is -0.118. The van der Waals surface area contributed by atoms with Gasteiger partial charge in [0.25, 0.3) is 0 Å². The van der Waals surface area contributed by atoms with Gasteiger partial charge in [0, 0.05) is 4.88 Å². The molecule has 0 aromatic carbocycles. The number of nitrogens with zero attached hydrogens (tertiary/aromatic N) is 2. The highest BCUT2D eigenvalue weighted by molar-refractivity contribution is 7.11. The van der Waals surface area contributed by atoms with Crippen molar-refractivity contribution in [1.82, 2.24) is 9.88 Å². The molecule has 0 radical (unpaired) electrons. The zero-order chi connectivity index (χ0) is 12.4. The lowest BCUT2D eigenvalue weighted by atomic mass is 10.2. The molecule has 0 N–H and O–H groups in total. The maximum atomic E-state index is 11.6. The number of carbonyl (C=O) groups is 1. The first-order valence-electron chi connectivity index (χ1n) is 5.86. The van der Waals surface area contributed by atoms with Gasteiger partial charge in [-0.3, -0.25) is 9.69 Å². The number of likely N-dealkylation sites (tertiary alicyclic amines) is 1. The summed E-state index contributed by atoms with van der Waals surface area (Å²) in [6, 6.07) is -0.0792. The molecule has 1 saturated heterocycles. The highest BCUT2D eigenvalue weighted by Gasteiger charge is 2.31. The second-order valence-corrected chi connectivity index (χ2v) is 5.69. The number of thiazole rings is 1. The van der Waals surface area contributed by atoms with Crippen LogP contribution in [0.4, 0.5) is 0 Å². The molecule has 2 rings (SSSR count). The van der Waals surface area contributed by atoms with Crippen LogP contribution in [0, 0.1) is 13.8 Å². The zero-order valence-corrected chi connectivity index (χ0v) is 11.3. The predicted octanol–water partition coefficient (Wildman–Crippen LogP) is 1.90. The number of carbonyl (C=O) groups excluding carboxylic acids is 1. The Kier molecular flexibility index (Phi) is 3.79. The average Bonchev–Trinajstić information content (AvgIpc) is 2.86. The van der Waals surface area contributed by atoms with Gasteiger partial charge < -0.3 is 4.74 Å². The molecule has 1 fully saturated rings. The van der Waals surface area contributed by atoms with Gasteiger partial charge in [0.15, 0.2) is 0 Å². The third-order valence-corrected chi connectivity index (χ3v) is 4.31.